The SMILES string of the molecule is Cc1cc(Nc2ncnn3ccc(CCCC4CC[C@H](N)C(C)C4)c23)ccc1Oc1ccn2ncnc2c1. The summed E-state index contributed by atoms with van der Waals surface area (Å²) in [6.07, 6.45) is 14.1. The van der Waals surface area contributed by atoms with Crippen molar-refractivity contribution < 1.29 is 4.74 Å². The molecule has 3 N–H and O–H groups in total. The molecule has 4 heterocycles. The summed E-state index contributed by atoms with van der Waals surface area (Å²) >= 11 is 0. The number of hydrogen-bond acceptors (Lipinski definition) is 7. The number of anilines is 2. The van der Waals surface area contributed by atoms with Gasteiger partial charge in [-0.1, -0.05) is 13.3 Å². The van der Waals surface area contributed by atoms with Gasteiger partial charge in [-0.3, -0.25) is 0 Å². The fraction of sp³-hybridized carbons (Fsp3) is 0.379. The van der Waals surface area contributed by atoms with E-state index in [1.54, 1.807) is 10.8 Å². The van der Waals surface area contributed by atoms with Crippen LogP contribution < -0.4 is 15.8 Å². The second-order valence-corrected chi connectivity index (χ2v) is 10.6. The Bertz CT molecular complexity index is 1560. The predicted molar refractivity (Wildman–Crippen MR) is 148 cm³/mol. The third kappa shape index (κ3) is 5.06. The van der Waals surface area contributed by atoms with Crippen LogP contribution in [-0.4, -0.2) is 35.2 Å². The lowest BCUT2D eigenvalue weighted by molar-refractivity contribution is 0.235. The fourth-order valence-corrected chi connectivity index (χ4v) is 5.65. The third-order valence-electron chi connectivity index (χ3n) is 7.86. The molecule has 9 nitrogen and oxygen atoms in total. The molecule has 1 fully saturated rings. The Morgan fingerprint density at radius 3 is 2.74 bits per heavy atom. The highest BCUT2D eigenvalue weighted by Gasteiger charge is 2.24. The van der Waals surface area contributed by atoms with Crippen LogP contribution in [-0.2, 0) is 6.42 Å². The van der Waals surface area contributed by atoms with E-state index in [9.17, 15) is 0 Å². The molecule has 1 aliphatic rings. The summed E-state index contributed by atoms with van der Waals surface area (Å²) in [5.74, 6) is 3.73. The predicted octanol–water partition coefficient (Wildman–Crippen LogP) is 5.70. The zero-order chi connectivity index (χ0) is 26.1. The minimum Gasteiger partial charge on any atom is -0.457 e. The van der Waals surface area contributed by atoms with Crippen LogP contribution in [0.15, 0.2) is 61.4 Å². The summed E-state index contributed by atoms with van der Waals surface area (Å²) in [4.78, 5) is 8.81. The molecule has 0 aliphatic heterocycles. The number of aryl methyl sites for hydroxylation is 2. The molecule has 4 aromatic heterocycles. The first-order chi connectivity index (χ1) is 18.5. The summed E-state index contributed by atoms with van der Waals surface area (Å²) in [5.41, 5.74) is 11.2. The second-order valence-electron chi connectivity index (χ2n) is 10.6. The number of aromatic nitrogens is 6. The van der Waals surface area contributed by atoms with Gasteiger partial charge in [0.1, 0.15) is 29.7 Å². The van der Waals surface area contributed by atoms with Crippen molar-refractivity contribution in [3.63, 3.8) is 0 Å². The normalized spacial score (nSPS) is 19.7. The Balaban J connectivity index is 1.15. The number of pyridine rings is 1. The molecule has 0 radical (unpaired) electrons. The number of nitrogens with zero attached hydrogens (tertiary/aromatic N) is 6. The molecular formula is C29H34N8O. The Morgan fingerprint density at radius 1 is 1.03 bits per heavy atom. The van der Waals surface area contributed by atoms with Gasteiger partial charge in [0.25, 0.3) is 0 Å². The van der Waals surface area contributed by atoms with E-state index >= 15 is 0 Å². The maximum absolute atomic E-state index is 6.22. The largest absolute Gasteiger partial charge is 0.457 e. The topological polar surface area (TPSA) is 108 Å². The molecule has 1 aliphatic carbocycles. The van der Waals surface area contributed by atoms with Crippen LogP contribution in [0, 0.1) is 18.8 Å². The number of nitrogens with one attached hydrogen (secondary N) is 1. The standard InChI is InChI=1S/C29H34N8O/c1-19-14-21(6-8-25(19)30)4-3-5-22-10-12-37-28(22)29(32-18-34-37)35-23-7-9-26(20(2)15-23)38-24-11-13-36-27(16-24)31-17-33-36/h7,9-13,15-19,21,25H,3-6,8,14,30H2,1-2H3,(H,32,34,35)/t19?,21?,25-/m0/s1. The van der Waals surface area contributed by atoms with Gasteiger partial charge in [0.2, 0.25) is 0 Å². The van der Waals surface area contributed by atoms with E-state index in [-0.39, 0.29) is 0 Å². The summed E-state index contributed by atoms with van der Waals surface area (Å²) in [6.45, 7) is 4.33. The van der Waals surface area contributed by atoms with E-state index in [0.717, 1.165) is 64.9 Å². The minimum absolute atomic E-state index is 0.376. The van der Waals surface area contributed by atoms with E-state index in [1.165, 1.54) is 31.2 Å². The number of hydrogen-bond donors (Lipinski definition) is 2. The molecule has 0 amide bonds. The lowest BCUT2D eigenvalue weighted by atomic mass is 9.77. The van der Waals surface area contributed by atoms with Gasteiger partial charge < -0.3 is 15.8 Å². The molecule has 0 bridgehead atoms. The second kappa shape index (κ2) is 10.4. The molecular weight excluding hydrogens is 476 g/mol. The monoisotopic (exact) mass is 510 g/mol. The van der Waals surface area contributed by atoms with Gasteiger partial charge in [-0.15, -0.1) is 0 Å². The highest BCUT2D eigenvalue weighted by molar-refractivity contribution is 5.76. The quantitative estimate of drug-likeness (QED) is 0.276. The van der Waals surface area contributed by atoms with Crippen molar-refractivity contribution in [2.24, 2.45) is 17.6 Å². The van der Waals surface area contributed by atoms with Crippen molar-refractivity contribution in [1.29, 1.82) is 0 Å². The highest BCUT2D eigenvalue weighted by Crippen LogP contribution is 2.33. The molecule has 196 valence electrons. The number of ether oxygens (including phenoxy) is 1. The third-order valence-corrected chi connectivity index (χ3v) is 7.86. The first kappa shape index (κ1) is 24.4. The highest BCUT2D eigenvalue weighted by atomic mass is 16.5. The van der Waals surface area contributed by atoms with E-state index in [4.69, 9.17) is 10.5 Å². The zero-order valence-electron chi connectivity index (χ0n) is 21.9. The Hall–Kier alpha value is -3.98. The van der Waals surface area contributed by atoms with Crippen molar-refractivity contribution in [2.75, 3.05) is 5.32 Å². The van der Waals surface area contributed by atoms with Crippen molar-refractivity contribution in [1.82, 2.24) is 29.2 Å². The summed E-state index contributed by atoms with van der Waals surface area (Å²) in [7, 11) is 0. The van der Waals surface area contributed by atoms with E-state index < -0.39 is 0 Å². The molecule has 38 heavy (non-hydrogen) atoms. The van der Waals surface area contributed by atoms with Crippen LogP contribution in [0.1, 0.15) is 50.2 Å². The van der Waals surface area contributed by atoms with Crippen molar-refractivity contribution in [2.45, 2.75) is 58.4 Å². The van der Waals surface area contributed by atoms with Gasteiger partial charge in [-0.25, -0.2) is 19.0 Å². The number of benzene rings is 1. The van der Waals surface area contributed by atoms with Crippen molar-refractivity contribution in [3.05, 3.63) is 72.6 Å². The summed E-state index contributed by atoms with van der Waals surface area (Å²) in [5, 5.41) is 12.1. The van der Waals surface area contributed by atoms with Gasteiger partial charge in [0.05, 0.1) is 0 Å². The van der Waals surface area contributed by atoms with Gasteiger partial charge in [-0.2, -0.15) is 10.2 Å². The van der Waals surface area contributed by atoms with Crippen LogP contribution in [0.25, 0.3) is 11.2 Å². The average molecular weight is 511 g/mol. The Labute approximate surface area is 222 Å². The Kier molecular flexibility index (Phi) is 6.68. The lowest BCUT2D eigenvalue weighted by Crippen LogP contribution is -2.34. The Morgan fingerprint density at radius 2 is 1.87 bits per heavy atom. The van der Waals surface area contributed by atoms with Crippen molar-refractivity contribution >= 4 is 22.7 Å². The molecule has 0 saturated heterocycles. The number of nitrogens with two attached hydrogens (primary N) is 1. The first-order valence-corrected chi connectivity index (χ1v) is 13.5. The number of fused-ring (bicyclic) bond motifs is 2. The molecule has 2 unspecified atom stereocenters. The van der Waals surface area contributed by atoms with Crippen LogP contribution in [0.4, 0.5) is 11.5 Å². The molecule has 3 atom stereocenters. The molecule has 9 heteroatoms. The van der Waals surface area contributed by atoms with Gasteiger partial charge in [0, 0.05) is 30.2 Å². The van der Waals surface area contributed by atoms with Crippen LogP contribution in [0.3, 0.4) is 0 Å². The van der Waals surface area contributed by atoms with Gasteiger partial charge >= 0.3 is 0 Å². The lowest BCUT2D eigenvalue weighted by Gasteiger charge is -2.31. The van der Waals surface area contributed by atoms with Crippen LogP contribution in [0.2, 0.25) is 0 Å². The molecule has 1 saturated carbocycles. The molecule has 5 aromatic rings. The first-order valence-electron chi connectivity index (χ1n) is 13.5. The van der Waals surface area contributed by atoms with Gasteiger partial charge in [-0.05, 0) is 92.3 Å². The van der Waals surface area contributed by atoms with Crippen molar-refractivity contribution in [3.8, 4) is 11.5 Å². The number of rotatable bonds is 8. The minimum atomic E-state index is 0.376. The van der Waals surface area contributed by atoms with E-state index in [0.29, 0.717) is 12.0 Å². The molecule has 6 rings (SSSR count). The smallest absolute Gasteiger partial charge is 0.158 e. The average Bonchev–Trinajstić information content (AvgIpc) is 3.55. The summed E-state index contributed by atoms with van der Waals surface area (Å²) in [6, 6.07) is 12.3. The van der Waals surface area contributed by atoms with E-state index in [2.05, 4.69) is 44.5 Å². The van der Waals surface area contributed by atoms with Crippen LogP contribution >= 0.6 is 0 Å². The maximum atomic E-state index is 6.22. The maximum Gasteiger partial charge on any atom is 0.158 e. The van der Waals surface area contributed by atoms with Crippen LogP contribution in [0.5, 0.6) is 11.5 Å². The molecule has 0 spiro atoms. The van der Waals surface area contributed by atoms with Gasteiger partial charge in [0.15, 0.2) is 11.5 Å². The van der Waals surface area contributed by atoms with E-state index in [1.807, 2.05) is 48.1 Å². The summed E-state index contributed by atoms with van der Waals surface area (Å²) < 4.78 is 9.75. The molecule has 1 aromatic carbocycles. The zero-order valence-corrected chi connectivity index (χ0v) is 21.9. The fourth-order valence-electron chi connectivity index (χ4n) is 5.65.